The smallest absolute Gasteiger partial charge is 0.296 e. The molecular formula is C13H15Cl2N3O2S. The molecule has 0 saturated heterocycles. The van der Waals surface area contributed by atoms with Crippen LogP contribution in [0, 0.1) is 12.8 Å². The molecule has 2 rings (SSSR count). The molecule has 0 bridgehead atoms. The van der Waals surface area contributed by atoms with Crippen molar-refractivity contribution in [2.45, 2.75) is 32.5 Å². The number of aryl methyl sites for hydroxylation is 1. The first-order valence-electron chi connectivity index (χ1n) is 6.34. The van der Waals surface area contributed by atoms with E-state index in [1.807, 2.05) is 32.9 Å². The number of hydrogen-bond acceptors (Lipinski definition) is 4. The second kappa shape index (κ2) is 5.94. The average Bonchev–Trinajstić information content (AvgIpc) is 2.75. The number of nitrogens with zero attached hydrogens (tertiary/aromatic N) is 3. The Bertz CT molecular complexity index is 770. The SMILES string of the molecule is Cc1ccc(-c2nnc(S(=O)(=O)Cl)n2CC(C)C)cc1Cl. The highest BCUT2D eigenvalue weighted by molar-refractivity contribution is 8.13. The van der Waals surface area contributed by atoms with Gasteiger partial charge in [-0.2, -0.15) is 0 Å². The molecule has 114 valence electrons. The molecule has 0 fully saturated rings. The largest absolute Gasteiger partial charge is 0.297 e. The van der Waals surface area contributed by atoms with Crippen molar-refractivity contribution in [3.8, 4) is 11.4 Å². The summed E-state index contributed by atoms with van der Waals surface area (Å²) in [6.07, 6.45) is 0. The molecule has 0 saturated carbocycles. The molecule has 2 aromatic rings. The van der Waals surface area contributed by atoms with Crippen LogP contribution in [-0.2, 0) is 15.6 Å². The van der Waals surface area contributed by atoms with E-state index in [1.165, 1.54) is 4.57 Å². The summed E-state index contributed by atoms with van der Waals surface area (Å²) in [5, 5.41) is 8.03. The molecule has 21 heavy (non-hydrogen) atoms. The van der Waals surface area contributed by atoms with Crippen molar-refractivity contribution < 1.29 is 8.42 Å². The predicted octanol–water partition coefficient (Wildman–Crippen LogP) is 3.49. The summed E-state index contributed by atoms with van der Waals surface area (Å²) in [4.78, 5) is 0. The average molecular weight is 348 g/mol. The lowest BCUT2D eigenvalue weighted by molar-refractivity contribution is 0.488. The van der Waals surface area contributed by atoms with Gasteiger partial charge in [0.15, 0.2) is 5.82 Å². The van der Waals surface area contributed by atoms with Gasteiger partial charge in [-0.25, -0.2) is 8.42 Å². The van der Waals surface area contributed by atoms with E-state index in [9.17, 15) is 8.42 Å². The first kappa shape index (κ1) is 16.3. The van der Waals surface area contributed by atoms with Crippen LogP contribution in [0.1, 0.15) is 19.4 Å². The summed E-state index contributed by atoms with van der Waals surface area (Å²) in [5.74, 6) is 0.641. The van der Waals surface area contributed by atoms with Gasteiger partial charge in [-0.15, -0.1) is 10.2 Å². The molecule has 0 radical (unpaired) electrons. The second-order valence-corrected chi connectivity index (χ2v) is 8.08. The quantitative estimate of drug-likeness (QED) is 0.794. The van der Waals surface area contributed by atoms with Gasteiger partial charge in [-0.05, 0) is 24.5 Å². The highest BCUT2D eigenvalue weighted by Gasteiger charge is 2.24. The normalized spacial score (nSPS) is 12.1. The third-order valence-electron chi connectivity index (χ3n) is 2.91. The van der Waals surface area contributed by atoms with Crippen LogP contribution in [0.3, 0.4) is 0 Å². The predicted molar refractivity (Wildman–Crippen MR) is 83.1 cm³/mol. The van der Waals surface area contributed by atoms with Crippen molar-refractivity contribution in [2.75, 3.05) is 0 Å². The minimum atomic E-state index is -3.96. The summed E-state index contributed by atoms with van der Waals surface area (Å²) in [5.41, 5.74) is 1.63. The number of aromatic nitrogens is 3. The number of halogens is 2. The number of benzene rings is 1. The van der Waals surface area contributed by atoms with Crippen LogP contribution >= 0.6 is 22.3 Å². The molecule has 8 heteroatoms. The topological polar surface area (TPSA) is 64.8 Å². The van der Waals surface area contributed by atoms with E-state index in [2.05, 4.69) is 10.2 Å². The first-order valence-corrected chi connectivity index (χ1v) is 9.03. The van der Waals surface area contributed by atoms with Gasteiger partial charge >= 0.3 is 0 Å². The van der Waals surface area contributed by atoms with Crippen LogP contribution in [0.4, 0.5) is 0 Å². The van der Waals surface area contributed by atoms with Crippen molar-refractivity contribution in [1.82, 2.24) is 14.8 Å². The van der Waals surface area contributed by atoms with Gasteiger partial charge in [-0.1, -0.05) is 37.6 Å². The first-order chi connectivity index (χ1) is 9.70. The minimum Gasteiger partial charge on any atom is -0.297 e. The maximum absolute atomic E-state index is 11.6. The van der Waals surface area contributed by atoms with E-state index in [0.29, 0.717) is 23.0 Å². The van der Waals surface area contributed by atoms with Gasteiger partial charge in [0, 0.05) is 27.8 Å². The summed E-state index contributed by atoms with van der Waals surface area (Å²) < 4.78 is 24.7. The Hall–Kier alpha value is -1.11. The van der Waals surface area contributed by atoms with E-state index >= 15 is 0 Å². The molecule has 0 spiro atoms. The lowest BCUT2D eigenvalue weighted by Crippen LogP contribution is -2.11. The lowest BCUT2D eigenvalue weighted by Gasteiger charge is -2.11. The Labute approximate surface area is 133 Å². The fourth-order valence-corrected chi connectivity index (χ4v) is 3.03. The summed E-state index contributed by atoms with van der Waals surface area (Å²) in [6.45, 7) is 6.27. The molecule has 5 nitrogen and oxygen atoms in total. The molecule has 1 aromatic heterocycles. The van der Waals surface area contributed by atoms with Crippen LogP contribution in [0.2, 0.25) is 5.02 Å². The van der Waals surface area contributed by atoms with Crippen LogP contribution in [0.15, 0.2) is 23.4 Å². The highest BCUT2D eigenvalue weighted by Crippen LogP contribution is 2.27. The maximum Gasteiger partial charge on any atom is 0.296 e. The van der Waals surface area contributed by atoms with Crippen LogP contribution in [0.5, 0.6) is 0 Å². The summed E-state index contributed by atoms with van der Waals surface area (Å²) in [6, 6.07) is 5.41. The Morgan fingerprint density at radius 2 is 1.95 bits per heavy atom. The van der Waals surface area contributed by atoms with Crippen LogP contribution in [-0.4, -0.2) is 23.2 Å². The van der Waals surface area contributed by atoms with Gasteiger partial charge in [0.2, 0.25) is 0 Å². The van der Waals surface area contributed by atoms with E-state index in [0.717, 1.165) is 5.56 Å². The third-order valence-corrected chi connectivity index (χ3v) is 4.47. The standard InChI is InChI=1S/C13H15Cl2N3O2S/c1-8(2)7-18-12(16-17-13(18)21(15,19)20)10-5-4-9(3)11(14)6-10/h4-6,8H,7H2,1-3H3. The van der Waals surface area contributed by atoms with Crippen molar-refractivity contribution in [3.05, 3.63) is 28.8 Å². The molecule has 0 atom stereocenters. The molecule has 0 unspecified atom stereocenters. The van der Waals surface area contributed by atoms with Crippen molar-refractivity contribution >= 4 is 31.3 Å². The minimum absolute atomic E-state index is 0.206. The zero-order valence-corrected chi connectivity index (χ0v) is 14.2. The van der Waals surface area contributed by atoms with Gasteiger partial charge in [-0.3, -0.25) is 4.57 Å². The Morgan fingerprint density at radius 3 is 2.48 bits per heavy atom. The van der Waals surface area contributed by atoms with Crippen LogP contribution < -0.4 is 0 Å². The van der Waals surface area contributed by atoms with Crippen molar-refractivity contribution in [3.63, 3.8) is 0 Å². The van der Waals surface area contributed by atoms with Crippen molar-refractivity contribution in [2.24, 2.45) is 5.92 Å². The molecule has 0 amide bonds. The molecule has 0 aliphatic carbocycles. The zero-order valence-electron chi connectivity index (χ0n) is 11.8. The summed E-state index contributed by atoms with van der Waals surface area (Å²) in [7, 11) is 1.47. The molecular weight excluding hydrogens is 333 g/mol. The van der Waals surface area contributed by atoms with E-state index in [-0.39, 0.29) is 11.1 Å². The zero-order chi connectivity index (χ0) is 15.8. The Balaban J connectivity index is 2.63. The number of hydrogen-bond donors (Lipinski definition) is 0. The second-order valence-electron chi connectivity index (χ2n) is 5.21. The highest BCUT2D eigenvalue weighted by atomic mass is 35.7. The third kappa shape index (κ3) is 3.56. The van der Waals surface area contributed by atoms with Crippen LogP contribution in [0.25, 0.3) is 11.4 Å². The van der Waals surface area contributed by atoms with E-state index < -0.39 is 9.05 Å². The van der Waals surface area contributed by atoms with Crippen molar-refractivity contribution in [1.29, 1.82) is 0 Å². The van der Waals surface area contributed by atoms with E-state index in [4.69, 9.17) is 22.3 Å². The molecule has 0 aliphatic rings. The maximum atomic E-state index is 11.6. The molecule has 1 aromatic carbocycles. The molecule has 1 heterocycles. The molecule has 0 N–H and O–H groups in total. The van der Waals surface area contributed by atoms with Gasteiger partial charge in [0.1, 0.15) is 0 Å². The number of rotatable bonds is 4. The summed E-state index contributed by atoms with van der Waals surface area (Å²) >= 11 is 6.12. The fourth-order valence-electron chi connectivity index (χ4n) is 1.94. The monoisotopic (exact) mass is 347 g/mol. The van der Waals surface area contributed by atoms with Gasteiger partial charge < -0.3 is 0 Å². The van der Waals surface area contributed by atoms with Gasteiger partial charge in [0.25, 0.3) is 14.2 Å². The van der Waals surface area contributed by atoms with Gasteiger partial charge in [0.05, 0.1) is 0 Å². The Morgan fingerprint density at radius 1 is 1.29 bits per heavy atom. The molecule has 0 aliphatic heterocycles. The van der Waals surface area contributed by atoms with E-state index in [1.54, 1.807) is 6.07 Å². The fraction of sp³-hybridized carbons (Fsp3) is 0.385. The Kier molecular flexibility index (Phi) is 4.60. The lowest BCUT2D eigenvalue weighted by atomic mass is 10.1.